The van der Waals surface area contributed by atoms with Gasteiger partial charge < -0.3 is 25.4 Å². The lowest BCUT2D eigenvalue weighted by atomic mass is 9.74. The molecule has 9 nitrogen and oxygen atoms in total. The molecule has 3 heterocycles. The van der Waals surface area contributed by atoms with Crippen molar-refractivity contribution in [1.29, 1.82) is 0 Å². The molecular weight excluding hydrogens is 472 g/mol. The second-order valence-corrected chi connectivity index (χ2v) is 11.4. The van der Waals surface area contributed by atoms with E-state index in [1.807, 2.05) is 12.1 Å². The predicted octanol–water partition coefficient (Wildman–Crippen LogP) is 1.52. The number of amides is 2. The number of nitrogens with zero attached hydrogens (tertiary/aromatic N) is 3. The van der Waals surface area contributed by atoms with Crippen molar-refractivity contribution in [3.05, 3.63) is 29.3 Å². The Balaban J connectivity index is 1.51. The molecule has 37 heavy (non-hydrogen) atoms. The third-order valence-corrected chi connectivity index (χ3v) is 8.87. The number of anilines is 1. The number of hydrogen-bond donors (Lipinski definition) is 2. The lowest BCUT2D eigenvalue weighted by molar-refractivity contribution is -0.139. The number of hydrogen-bond acceptors (Lipinski definition) is 7. The zero-order valence-corrected chi connectivity index (χ0v) is 22.0. The zero-order chi connectivity index (χ0) is 26.3. The first kappa shape index (κ1) is 26.1. The van der Waals surface area contributed by atoms with Crippen LogP contribution in [0.3, 0.4) is 0 Å². The molecule has 202 valence electrons. The van der Waals surface area contributed by atoms with E-state index in [0.29, 0.717) is 17.2 Å². The predicted molar refractivity (Wildman–Crippen MR) is 139 cm³/mol. The molecule has 0 unspecified atom stereocenters. The summed E-state index contributed by atoms with van der Waals surface area (Å²) in [6.45, 7) is 8.01. The maximum absolute atomic E-state index is 14.3. The average molecular weight is 513 g/mol. The topological polar surface area (TPSA) is 116 Å². The van der Waals surface area contributed by atoms with Crippen LogP contribution in [-0.2, 0) is 14.3 Å². The van der Waals surface area contributed by atoms with Crippen molar-refractivity contribution < 1.29 is 24.2 Å². The summed E-state index contributed by atoms with van der Waals surface area (Å²) < 4.78 is 5.52. The first-order valence-electron chi connectivity index (χ1n) is 13.8. The number of piperazine rings is 1. The molecule has 9 heteroatoms. The fourth-order valence-corrected chi connectivity index (χ4v) is 6.82. The van der Waals surface area contributed by atoms with E-state index in [9.17, 15) is 19.5 Å². The molecule has 1 aromatic carbocycles. The van der Waals surface area contributed by atoms with Gasteiger partial charge in [-0.3, -0.25) is 19.3 Å². The first-order chi connectivity index (χ1) is 17.8. The van der Waals surface area contributed by atoms with Gasteiger partial charge in [0.1, 0.15) is 24.9 Å². The Morgan fingerprint density at radius 1 is 1.08 bits per heavy atom. The number of aliphatic hydroxyl groups is 1. The molecule has 4 fully saturated rings. The lowest BCUT2D eigenvalue weighted by Crippen LogP contribution is -2.49. The molecule has 1 saturated carbocycles. The number of rotatable bonds is 6. The van der Waals surface area contributed by atoms with Crippen molar-refractivity contribution in [2.24, 2.45) is 11.7 Å². The molecule has 4 aliphatic rings. The maximum Gasteiger partial charge on any atom is 0.249 e. The van der Waals surface area contributed by atoms with Crippen LogP contribution in [0.2, 0.25) is 0 Å². The highest BCUT2D eigenvalue weighted by atomic mass is 16.5. The number of aliphatic hydroxyl groups excluding tert-OH is 1. The van der Waals surface area contributed by atoms with Gasteiger partial charge in [0.25, 0.3) is 0 Å². The Labute approximate surface area is 218 Å². The number of Topliss-reactive ketones (excluding diaryl/α,β-unsaturated/α-hetero) is 1. The van der Waals surface area contributed by atoms with Crippen LogP contribution < -0.4 is 10.6 Å². The van der Waals surface area contributed by atoms with Gasteiger partial charge in [0.2, 0.25) is 11.8 Å². The van der Waals surface area contributed by atoms with E-state index in [1.54, 1.807) is 6.07 Å². The molecule has 0 bridgehead atoms. The van der Waals surface area contributed by atoms with Crippen LogP contribution in [0.15, 0.2) is 18.2 Å². The highest BCUT2D eigenvalue weighted by Crippen LogP contribution is 2.42. The number of carbonyl (C=O) groups is 3. The summed E-state index contributed by atoms with van der Waals surface area (Å²) in [5, 5.41) is 10.6. The fraction of sp³-hybridized carbons (Fsp3) is 0.679. The summed E-state index contributed by atoms with van der Waals surface area (Å²) in [5.74, 6) is -1.50. The summed E-state index contributed by atoms with van der Waals surface area (Å²) in [5.41, 5.74) is 7.84. The zero-order valence-electron chi connectivity index (χ0n) is 22.0. The van der Waals surface area contributed by atoms with Crippen LogP contribution in [0.1, 0.15) is 67.8 Å². The van der Waals surface area contributed by atoms with E-state index < -0.39 is 30.1 Å². The number of primary amides is 1. The number of ketones is 1. The Hall–Kier alpha value is -2.49. The SMILES string of the molecule is CC(C)N1CCN(c2ccc(C(N)=O)c([C@@H](C(=O)N3C[C@@H](O)[C@H]4OCC(=O)[C@H]43)C3CCCCC3)c2)CC1. The van der Waals surface area contributed by atoms with Crippen LogP contribution >= 0.6 is 0 Å². The van der Waals surface area contributed by atoms with Gasteiger partial charge in [0.05, 0.1) is 12.5 Å². The molecule has 3 saturated heterocycles. The smallest absolute Gasteiger partial charge is 0.249 e. The van der Waals surface area contributed by atoms with E-state index >= 15 is 0 Å². The lowest BCUT2D eigenvalue weighted by Gasteiger charge is -2.39. The quantitative estimate of drug-likeness (QED) is 0.594. The van der Waals surface area contributed by atoms with Crippen LogP contribution in [0.5, 0.6) is 0 Å². The van der Waals surface area contributed by atoms with Crippen molar-refractivity contribution in [1.82, 2.24) is 9.80 Å². The van der Waals surface area contributed by atoms with E-state index in [2.05, 4.69) is 23.6 Å². The summed E-state index contributed by atoms with van der Waals surface area (Å²) in [6, 6.07) is 5.40. The minimum Gasteiger partial charge on any atom is -0.388 e. The molecule has 4 atom stereocenters. The van der Waals surface area contributed by atoms with Crippen molar-refractivity contribution in [3.8, 4) is 0 Å². The second-order valence-electron chi connectivity index (χ2n) is 11.4. The summed E-state index contributed by atoms with van der Waals surface area (Å²) in [4.78, 5) is 45.8. The van der Waals surface area contributed by atoms with Gasteiger partial charge in [-0.15, -0.1) is 0 Å². The van der Waals surface area contributed by atoms with Gasteiger partial charge in [-0.25, -0.2) is 0 Å². The average Bonchev–Trinajstić information content (AvgIpc) is 3.45. The Morgan fingerprint density at radius 2 is 1.78 bits per heavy atom. The molecule has 0 spiro atoms. The van der Waals surface area contributed by atoms with Crippen LogP contribution in [0.25, 0.3) is 0 Å². The summed E-state index contributed by atoms with van der Waals surface area (Å²) in [6.07, 6.45) is 3.35. The van der Waals surface area contributed by atoms with Crippen molar-refractivity contribution in [2.75, 3.05) is 44.2 Å². The largest absolute Gasteiger partial charge is 0.388 e. The minimum atomic E-state index is -0.897. The molecule has 0 radical (unpaired) electrons. The number of β-amino-alcohol motifs (C(OH)–C–C–N with tert-alkyl or cyclic N) is 1. The Kier molecular flexibility index (Phi) is 7.56. The molecule has 2 amide bonds. The molecular formula is C28H40N4O5. The van der Waals surface area contributed by atoms with Crippen molar-refractivity contribution in [3.63, 3.8) is 0 Å². The Morgan fingerprint density at radius 3 is 2.43 bits per heavy atom. The Bertz CT molecular complexity index is 1030. The number of carbonyl (C=O) groups excluding carboxylic acids is 3. The normalized spacial score (nSPS) is 28.1. The third-order valence-electron chi connectivity index (χ3n) is 8.87. The van der Waals surface area contributed by atoms with Gasteiger partial charge in [-0.1, -0.05) is 19.3 Å². The van der Waals surface area contributed by atoms with Crippen LogP contribution in [0.4, 0.5) is 5.69 Å². The monoisotopic (exact) mass is 512 g/mol. The van der Waals surface area contributed by atoms with Crippen molar-refractivity contribution >= 4 is 23.3 Å². The molecule has 5 rings (SSSR count). The molecule has 0 aromatic heterocycles. The van der Waals surface area contributed by atoms with Gasteiger partial charge >= 0.3 is 0 Å². The number of benzene rings is 1. The van der Waals surface area contributed by atoms with E-state index in [1.165, 1.54) is 4.90 Å². The van der Waals surface area contributed by atoms with Gasteiger partial charge in [0.15, 0.2) is 5.78 Å². The van der Waals surface area contributed by atoms with E-state index in [4.69, 9.17) is 10.5 Å². The number of likely N-dealkylation sites (tertiary alicyclic amines) is 1. The van der Waals surface area contributed by atoms with Crippen molar-refractivity contribution in [2.45, 2.75) is 76.2 Å². The van der Waals surface area contributed by atoms with E-state index in [0.717, 1.165) is 64.0 Å². The molecule has 1 aromatic rings. The second kappa shape index (κ2) is 10.7. The maximum atomic E-state index is 14.3. The van der Waals surface area contributed by atoms with E-state index in [-0.39, 0.29) is 30.8 Å². The number of nitrogens with two attached hydrogens (primary N) is 1. The van der Waals surface area contributed by atoms with Gasteiger partial charge in [0, 0.05) is 43.5 Å². The number of ether oxygens (including phenoxy) is 1. The fourth-order valence-electron chi connectivity index (χ4n) is 6.82. The minimum absolute atomic E-state index is 0.0426. The summed E-state index contributed by atoms with van der Waals surface area (Å²) in [7, 11) is 0. The molecule has 3 aliphatic heterocycles. The molecule has 1 aliphatic carbocycles. The number of fused-ring (bicyclic) bond motifs is 1. The standard InChI is InChI=1S/C28H40N4O5/c1-17(2)30-10-12-31(13-11-30)19-8-9-20(27(29)35)21(14-19)24(18-6-4-3-5-7-18)28(36)32-15-22(33)26-25(32)23(34)16-37-26/h8-9,14,17-18,22,24-26,33H,3-7,10-13,15-16H2,1-2H3,(H2,29,35)/t22-,24+,25-,26-/m1/s1. The summed E-state index contributed by atoms with van der Waals surface area (Å²) >= 11 is 0. The highest BCUT2D eigenvalue weighted by Gasteiger charge is 2.53. The van der Waals surface area contributed by atoms with Gasteiger partial charge in [-0.2, -0.15) is 0 Å². The highest BCUT2D eigenvalue weighted by molar-refractivity contribution is 5.99. The van der Waals surface area contributed by atoms with Crippen LogP contribution in [-0.4, -0.2) is 96.1 Å². The first-order valence-corrected chi connectivity index (χ1v) is 13.8. The molecule has 3 N–H and O–H groups in total. The van der Waals surface area contributed by atoms with Crippen LogP contribution in [0, 0.1) is 5.92 Å². The van der Waals surface area contributed by atoms with Gasteiger partial charge in [-0.05, 0) is 56.4 Å². The third kappa shape index (κ3) is 5.01.